The summed E-state index contributed by atoms with van der Waals surface area (Å²) < 4.78 is 35.0. The van der Waals surface area contributed by atoms with E-state index >= 15 is 0 Å². The lowest BCUT2D eigenvalue weighted by atomic mass is 10.2. The molecule has 0 aliphatic carbocycles. The van der Waals surface area contributed by atoms with Gasteiger partial charge >= 0.3 is 0 Å². The summed E-state index contributed by atoms with van der Waals surface area (Å²) >= 11 is 0. The third kappa shape index (κ3) is 5.30. The fraction of sp³-hybridized carbons (Fsp3) is 0.174. The smallest absolute Gasteiger partial charge is 0.236 e. The van der Waals surface area contributed by atoms with E-state index in [1.807, 2.05) is 38.1 Å². The number of rotatable bonds is 7. The van der Waals surface area contributed by atoms with E-state index in [9.17, 15) is 8.42 Å². The monoisotopic (exact) mass is 449 g/mol. The average Bonchev–Trinajstić information content (AvgIpc) is 3.07. The zero-order valence-electron chi connectivity index (χ0n) is 18.0. The molecule has 0 aliphatic rings. The Bertz CT molecular complexity index is 1330. The summed E-state index contributed by atoms with van der Waals surface area (Å²) in [5, 5.41) is 4.45. The van der Waals surface area contributed by atoms with Crippen LogP contribution in [0.15, 0.2) is 66.7 Å². The van der Waals surface area contributed by atoms with Crippen LogP contribution >= 0.6 is 0 Å². The standard InChI is InChI=1S/C23H23N5O3S/c1-16-13-17(2)28(26-16)22-14-23(25-18(3)24-22)31-21-11-9-20(10-12-21)27-32(29,30)15-19-7-5-4-6-8-19/h4-14,27H,15H2,1-3H3. The zero-order chi connectivity index (χ0) is 22.7. The van der Waals surface area contributed by atoms with Gasteiger partial charge in [0.25, 0.3) is 0 Å². The Morgan fingerprint density at radius 1 is 0.938 bits per heavy atom. The van der Waals surface area contributed by atoms with Crippen molar-refractivity contribution in [2.24, 2.45) is 0 Å². The Balaban J connectivity index is 1.48. The molecule has 164 valence electrons. The van der Waals surface area contributed by atoms with Gasteiger partial charge < -0.3 is 4.74 Å². The van der Waals surface area contributed by atoms with Crippen LogP contribution in [0.3, 0.4) is 0 Å². The van der Waals surface area contributed by atoms with E-state index in [0.717, 1.165) is 17.0 Å². The number of aryl methyl sites for hydroxylation is 3. The molecule has 0 atom stereocenters. The van der Waals surface area contributed by atoms with Gasteiger partial charge in [0.1, 0.15) is 11.6 Å². The lowest BCUT2D eigenvalue weighted by Crippen LogP contribution is -2.14. The fourth-order valence-corrected chi connectivity index (χ4v) is 4.47. The lowest BCUT2D eigenvalue weighted by Gasteiger charge is -2.11. The number of hydrogen-bond donors (Lipinski definition) is 1. The van der Waals surface area contributed by atoms with E-state index in [1.54, 1.807) is 54.1 Å². The molecule has 0 amide bonds. The van der Waals surface area contributed by atoms with E-state index in [0.29, 0.717) is 29.0 Å². The maximum Gasteiger partial charge on any atom is 0.236 e. The van der Waals surface area contributed by atoms with E-state index in [4.69, 9.17) is 4.74 Å². The zero-order valence-corrected chi connectivity index (χ0v) is 18.8. The summed E-state index contributed by atoms with van der Waals surface area (Å²) in [4.78, 5) is 8.78. The van der Waals surface area contributed by atoms with Gasteiger partial charge in [0.2, 0.25) is 15.9 Å². The van der Waals surface area contributed by atoms with Crippen molar-refractivity contribution in [3.05, 3.63) is 89.5 Å². The second kappa shape index (κ2) is 8.80. The van der Waals surface area contributed by atoms with Gasteiger partial charge in [-0.25, -0.2) is 18.1 Å². The van der Waals surface area contributed by atoms with Crippen molar-refractivity contribution in [1.82, 2.24) is 19.7 Å². The average molecular weight is 450 g/mol. The molecule has 0 saturated carbocycles. The van der Waals surface area contributed by atoms with Gasteiger partial charge in [0.05, 0.1) is 11.4 Å². The molecule has 2 heterocycles. The molecule has 4 rings (SSSR count). The molecular weight excluding hydrogens is 426 g/mol. The molecule has 1 N–H and O–H groups in total. The number of anilines is 1. The van der Waals surface area contributed by atoms with Crippen molar-refractivity contribution in [1.29, 1.82) is 0 Å². The molecule has 2 aromatic carbocycles. The van der Waals surface area contributed by atoms with E-state index in [1.165, 1.54) is 0 Å². The van der Waals surface area contributed by atoms with Crippen LogP contribution in [0.5, 0.6) is 11.6 Å². The van der Waals surface area contributed by atoms with Crippen molar-refractivity contribution in [2.75, 3.05) is 4.72 Å². The minimum absolute atomic E-state index is 0.0958. The van der Waals surface area contributed by atoms with Gasteiger partial charge in [-0.3, -0.25) is 4.72 Å². The van der Waals surface area contributed by atoms with Gasteiger partial charge in [0, 0.05) is 17.4 Å². The summed E-state index contributed by atoms with van der Waals surface area (Å²) in [7, 11) is -3.52. The van der Waals surface area contributed by atoms with Gasteiger partial charge in [-0.15, -0.1) is 0 Å². The maximum atomic E-state index is 12.4. The SMILES string of the molecule is Cc1cc(C)n(-c2cc(Oc3ccc(NS(=O)(=O)Cc4ccccc4)cc3)nc(C)n2)n1. The molecule has 2 aromatic heterocycles. The predicted octanol–water partition coefficient (Wildman–Crippen LogP) is 4.32. The normalized spacial score (nSPS) is 11.3. The molecule has 0 bridgehead atoms. The van der Waals surface area contributed by atoms with Gasteiger partial charge in [0.15, 0.2) is 5.82 Å². The molecular formula is C23H23N5O3S. The molecule has 0 unspecified atom stereocenters. The number of nitrogens with one attached hydrogen (secondary N) is 1. The molecule has 9 heteroatoms. The lowest BCUT2D eigenvalue weighted by molar-refractivity contribution is 0.459. The van der Waals surface area contributed by atoms with Crippen LogP contribution in [-0.4, -0.2) is 28.2 Å². The largest absolute Gasteiger partial charge is 0.439 e. The predicted molar refractivity (Wildman–Crippen MR) is 123 cm³/mol. The van der Waals surface area contributed by atoms with Crippen LogP contribution in [0.25, 0.3) is 5.82 Å². The third-order valence-corrected chi connectivity index (χ3v) is 5.84. The van der Waals surface area contributed by atoms with Crippen molar-refractivity contribution in [2.45, 2.75) is 26.5 Å². The number of benzene rings is 2. The minimum Gasteiger partial charge on any atom is -0.439 e. The van der Waals surface area contributed by atoms with Crippen LogP contribution in [0.2, 0.25) is 0 Å². The molecule has 0 fully saturated rings. The van der Waals surface area contributed by atoms with Crippen molar-refractivity contribution in [3.63, 3.8) is 0 Å². The van der Waals surface area contributed by atoms with Crippen molar-refractivity contribution in [3.8, 4) is 17.4 Å². The summed E-state index contributed by atoms with van der Waals surface area (Å²) in [5.41, 5.74) is 3.03. The second-order valence-corrected chi connectivity index (χ2v) is 9.15. The summed E-state index contributed by atoms with van der Waals surface area (Å²) in [6.07, 6.45) is 0. The number of aromatic nitrogens is 4. The van der Waals surface area contributed by atoms with Crippen molar-refractivity contribution < 1.29 is 13.2 Å². The van der Waals surface area contributed by atoms with E-state index < -0.39 is 10.0 Å². The Labute approximate surface area is 187 Å². The van der Waals surface area contributed by atoms with E-state index in [2.05, 4.69) is 19.8 Å². The molecule has 32 heavy (non-hydrogen) atoms. The molecule has 4 aromatic rings. The van der Waals surface area contributed by atoms with Crippen LogP contribution in [-0.2, 0) is 15.8 Å². The highest BCUT2D eigenvalue weighted by molar-refractivity contribution is 7.91. The maximum absolute atomic E-state index is 12.4. The van der Waals surface area contributed by atoms with Gasteiger partial charge in [-0.2, -0.15) is 10.1 Å². The first kappa shape index (κ1) is 21.5. The summed E-state index contributed by atoms with van der Waals surface area (Å²) in [6.45, 7) is 5.66. The second-order valence-electron chi connectivity index (χ2n) is 7.42. The topological polar surface area (TPSA) is 99.0 Å². The Morgan fingerprint density at radius 3 is 2.31 bits per heavy atom. The molecule has 0 radical (unpaired) electrons. The van der Waals surface area contributed by atoms with Crippen molar-refractivity contribution >= 4 is 15.7 Å². The van der Waals surface area contributed by atoms with Crippen LogP contribution in [0.4, 0.5) is 5.69 Å². The summed E-state index contributed by atoms with van der Waals surface area (Å²) in [6, 6.07) is 19.4. The quantitative estimate of drug-likeness (QED) is 0.451. The molecule has 0 aliphatic heterocycles. The third-order valence-electron chi connectivity index (χ3n) is 4.58. The van der Waals surface area contributed by atoms with Gasteiger partial charge in [-0.1, -0.05) is 30.3 Å². The van der Waals surface area contributed by atoms with E-state index in [-0.39, 0.29) is 5.75 Å². The first-order chi connectivity index (χ1) is 15.3. The number of ether oxygens (including phenoxy) is 1. The minimum atomic E-state index is -3.52. The fourth-order valence-electron chi connectivity index (χ4n) is 3.27. The first-order valence-electron chi connectivity index (χ1n) is 9.99. The number of nitrogens with zero attached hydrogens (tertiary/aromatic N) is 4. The Hall–Kier alpha value is -3.72. The van der Waals surface area contributed by atoms with Gasteiger partial charge in [-0.05, 0) is 56.7 Å². The highest BCUT2D eigenvalue weighted by Gasteiger charge is 2.13. The molecule has 0 saturated heterocycles. The summed E-state index contributed by atoms with van der Waals surface area (Å²) in [5.74, 6) is 1.96. The highest BCUT2D eigenvalue weighted by atomic mass is 32.2. The Kier molecular flexibility index (Phi) is 5.91. The Morgan fingerprint density at radius 2 is 1.66 bits per heavy atom. The molecule has 8 nitrogen and oxygen atoms in total. The first-order valence-corrected chi connectivity index (χ1v) is 11.6. The number of sulfonamides is 1. The molecule has 0 spiro atoms. The van der Waals surface area contributed by atoms with Crippen LogP contribution < -0.4 is 9.46 Å². The number of hydrogen-bond acceptors (Lipinski definition) is 6. The van der Waals surface area contributed by atoms with Crippen LogP contribution in [0.1, 0.15) is 22.8 Å². The highest BCUT2D eigenvalue weighted by Crippen LogP contribution is 2.24. The van der Waals surface area contributed by atoms with Crippen LogP contribution in [0, 0.1) is 20.8 Å².